The maximum Gasteiger partial charge on any atom is 0.396 e. The molecule has 1 saturated heterocycles. The molecule has 2 N–H and O–H groups in total. The van der Waals surface area contributed by atoms with Gasteiger partial charge < -0.3 is 15.4 Å². The summed E-state index contributed by atoms with van der Waals surface area (Å²) in [5.41, 5.74) is 0. The molecule has 15 heavy (non-hydrogen) atoms. The maximum atomic E-state index is 11.3. The van der Waals surface area contributed by atoms with Crippen LogP contribution in [0.2, 0.25) is 0 Å². The van der Waals surface area contributed by atoms with Gasteiger partial charge in [0.05, 0.1) is 7.11 Å². The van der Waals surface area contributed by atoms with Crippen LogP contribution in [0.15, 0.2) is 0 Å². The van der Waals surface area contributed by atoms with Crippen LogP contribution in [0.5, 0.6) is 0 Å². The Balaban J connectivity index is 1.85. The van der Waals surface area contributed by atoms with Crippen LogP contribution >= 0.6 is 0 Å². The number of hydrogen-bond donors (Lipinski definition) is 2. The van der Waals surface area contributed by atoms with Crippen molar-refractivity contribution in [2.24, 2.45) is 5.92 Å². The Kier molecular flexibility index (Phi) is 2.90. The van der Waals surface area contributed by atoms with E-state index in [1.165, 1.54) is 13.5 Å². The Morgan fingerprint density at radius 3 is 2.80 bits per heavy atom. The van der Waals surface area contributed by atoms with Crippen LogP contribution in [0.25, 0.3) is 0 Å². The van der Waals surface area contributed by atoms with Gasteiger partial charge in [0.15, 0.2) is 0 Å². The summed E-state index contributed by atoms with van der Waals surface area (Å²) in [4.78, 5) is 22.2. The first-order valence-corrected chi connectivity index (χ1v) is 5.31. The molecule has 5 heteroatoms. The molecule has 0 aromatic heterocycles. The second-order valence-electron chi connectivity index (χ2n) is 4.34. The summed E-state index contributed by atoms with van der Waals surface area (Å²) in [5.74, 6) is -0.781. The number of carbonyl (C=O) groups is 2. The Bertz CT molecular complexity index is 268. The lowest BCUT2D eigenvalue weighted by Crippen LogP contribution is -2.44. The van der Waals surface area contributed by atoms with Gasteiger partial charge in [0, 0.05) is 12.1 Å². The summed E-state index contributed by atoms with van der Waals surface area (Å²) in [6.45, 7) is 1.04. The van der Waals surface area contributed by atoms with Gasteiger partial charge >= 0.3 is 11.9 Å². The average molecular weight is 212 g/mol. The zero-order valence-corrected chi connectivity index (χ0v) is 8.79. The van der Waals surface area contributed by atoms with Crippen LogP contribution in [0.3, 0.4) is 0 Å². The number of hydrogen-bond acceptors (Lipinski definition) is 4. The lowest BCUT2D eigenvalue weighted by atomic mass is 9.86. The third-order valence-corrected chi connectivity index (χ3v) is 3.21. The molecule has 2 rings (SSSR count). The van der Waals surface area contributed by atoms with Crippen LogP contribution < -0.4 is 10.6 Å². The molecule has 3 unspecified atom stereocenters. The predicted molar refractivity (Wildman–Crippen MR) is 53.1 cm³/mol. The van der Waals surface area contributed by atoms with E-state index in [0.717, 1.165) is 19.4 Å². The van der Waals surface area contributed by atoms with Gasteiger partial charge in [-0.25, -0.2) is 4.79 Å². The lowest BCUT2D eigenvalue weighted by molar-refractivity contribution is -0.153. The van der Waals surface area contributed by atoms with Crippen LogP contribution in [0.1, 0.15) is 19.3 Å². The third-order valence-electron chi connectivity index (χ3n) is 3.21. The first-order chi connectivity index (χ1) is 7.19. The summed E-state index contributed by atoms with van der Waals surface area (Å²) >= 11 is 0. The molecule has 1 heterocycles. The zero-order chi connectivity index (χ0) is 10.8. The van der Waals surface area contributed by atoms with E-state index in [4.69, 9.17) is 0 Å². The molecule has 0 radical (unpaired) electrons. The molecule has 3 atom stereocenters. The average Bonchev–Trinajstić information content (AvgIpc) is 2.57. The fourth-order valence-corrected chi connectivity index (χ4v) is 2.56. The number of ether oxygens (including phenoxy) is 1. The van der Waals surface area contributed by atoms with Crippen molar-refractivity contribution in [3.63, 3.8) is 0 Å². The fraction of sp³-hybridized carbons (Fsp3) is 0.800. The lowest BCUT2D eigenvalue weighted by Gasteiger charge is -2.27. The minimum Gasteiger partial charge on any atom is -0.462 e. The van der Waals surface area contributed by atoms with Crippen molar-refractivity contribution in [2.75, 3.05) is 13.7 Å². The van der Waals surface area contributed by atoms with E-state index in [1.807, 2.05) is 0 Å². The number of methoxy groups -OCH3 is 1. The Hall–Kier alpha value is -1.10. The van der Waals surface area contributed by atoms with Crippen molar-refractivity contribution >= 4 is 11.9 Å². The quantitative estimate of drug-likeness (QED) is 0.450. The monoisotopic (exact) mass is 212 g/mol. The van der Waals surface area contributed by atoms with E-state index in [2.05, 4.69) is 15.4 Å². The van der Waals surface area contributed by atoms with E-state index >= 15 is 0 Å². The van der Waals surface area contributed by atoms with Gasteiger partial charge in [0.25, 0.3) is 0 Å². The topological polar surface area (TPSA) is 67.4 Å². The zero-order valence-electron chi connectivity index (χ0n) is 8.79. The highest BCUT2D eigenvalue weighted by molar-refractivity contribution is 6.32. The van der Waals surface area contributed by atoms with Crippen molar-refractivity contribution in [2.45, 2.75) is 31.3 Å². The van der Waals surface area contributed by atoms with E-state index in [0.29, 0.717) is 12.0 Å². The van der Waals surface area contributed by atoms with Gasteiger partial charge in [0.2, 0.25) is 0 Å². The summed E-state index contributed by atoms with van der Waals surface area (Å²) in [5, 5.41) is 6.11. The van der Waals surface area contributed by atoms with Crippen molar-refractivity contribution in [3.05, 3.63) is 0 Å². The highest BCUT2D eigenvalue weighted by Crippen LogP contribution is 2.29. The summed E-state index contributed by atoms with van der Waals surface area (Å²) < 4.78 is 4.36. The van der Waals surface area contributed by atoms with E-state index in [9.17, 15) is 9.59 Å². The molecule has 1 aliphatic heterocycles. The largest absolute Gasteiger partial charge is 0.462 e. The van der Waals surface area contributed by atoms with Crippen LogP contribution in [-0.4, -0.2) is 37.6 Å². The third kappa shape index (κ3) is 2.28. The number of amides is 1. The molecule has 2 aliphatic rings. The molecule has 1 saturated carbocycles. The summed E-state index contributed by atoms with van der Waals surface area (Å²) in [7, 11) is 1.22. The standard InChI is InChI=1S/C10H16N2O3/c1-15-10(14)9(13)12-8-3-6-2-7(4-8)11-5-6/h6-8,11H,2-5H2,1H3,(H,12,13). The van der Waals surface area contributed by atoms with Gasteiger partial charge in [-0.05, 0) is 31.7 Å². The molecule has 1 aliphatic carbocycles. The minimum atomic E-state index is -0.805. The number of carbonyl (C=O) groups excluding carboxylic acids is 2. The van der Waals surface area contributed by atoms with Crippen LogP contribution in [0, 0.1) is 5.92 Å². The number of fused-ring (bicyclic) bond motifs is 2. The molecule has 0 aromatic rings. The fourth-order valence-electron chi connectivity index (χ4n) is 2.56. The van der Waals surface area contributed by atoms with Gasteiger partial charge in [-0.3, -0.25) is 4.79 Å². The highest BCUT2D eigenvalue weighted by Gasteiger charge is 2.35. The van der Waals surface area contributed by atoms with Gasteiger partial charge in [-0.1, -0.05) is 0 Å². The normalized spacial score (nSPS) is 33.5. The van der Waals surface area contributed by atoms with Gasteiger partial charge in [-0.15, -0.1) is 0 Å². The van der Waals surface area contributed by atoms with Gasteiger partial charge in [0.1, 0.15) is 0 Å². The second kappa shape index (κ2) is 4.18. The molecular formula is C10H16N2O3. The van der Waals surface area contributed by atoms with Crippen LogP contribution in [0.4, 0.5) is 0 Å². The molecule has 2 fully saturated rings. The molecule has 1 amide bonds. The summed E-state index contributed by atoms with van der Waals surface area (Å²) in [6.07, 6.45) is 3.08. The predicted octanol–water partition coefficient (Wildman–Crippen LogP) is -0.584. The van der Waals surface area contributed by atoms with Crippen molar-refractivity contribution < 1.29 is 14.3 Å². The van der Waals surface area contributed by atoms with Crippen molar-refractivity contribution in [1.82, 2.24) is 10.6 Å². The summed E-state index contributed by atoms with van der Waals surface area (Å²) in [6, 6.07) is 0.627. The molecule has 0 spiro atoms. The Morgan fingerprint density at radius 1 is 1.33 bits per heavy atom. The maximum absolute atomic E-state index is 11.3. The van der Waals surface area contributed by atoms with Crippen LogP contribution in [-0.2, 0) is 14.3 Å². The second-order valence-corrected chi connectivity index (χ2v) is 4.34. The molecule has 84 valence electrons. The molecular weight excluding hydrogens is 196 g/mol. The first kappa shape index (κ1) is 10.4. The number of nitrogens with one attached hydrogen (secondary N) is 2. The smallest absolute Gasteiger partial charge is 0.396 e. The molecule has 2 bridgehead atoms. The number of rotatable bonds is 1. The van der Waals surface area contributed by atoms with E-state index in [1.54, 1.807) is 0 Å². The highest BCUT2D eigenvalue weighted by atomic mass is 16.5. The molecule has 0 aromatic carbocycles. The molecule has 5 nitrogen and oxygen atoms in total. The first-order valence-electron chi connectivity index (χ1n) is 5.31. The van der Waals surface area contributed by atoms with E-state index in [-0.39, 0.29) is 6.04 Å². The van der Waals surface area contributed by atoms with Crippen molar-refractivity contribution in [1.29, 1.82) is 0 Å². The van der Waals surface area contributed by atoms with Gasteiger partial charge in [-0.2, -0.15) is 0 Å². The SMILES string of the molecule is COC(=O)C(=O)NC1CC2CNC(C2)C1. The van der Waals surface area contributed by atoms with Crippen molar-refractivity contribution in [3.8, 4) is 0 Å². The number of esters is 1. The Morgan fingerprint density at radius 2 is 2.13 bits per heavy atom. The van der Waals surface area contributed by atoms with E-state index < -0.39 is 11.9 Å². The Labute approximate surface area is 88.5 Å². The minimum absolute atomic E-state index is 0.121.